The van der Waals surface area contributed by atoms with E-state index in [-0.39, 0.29) is 60.3 Å². The summed E-state index contributed by atoms with van der Waals surface area (Å²) in [4.78, 5) is 10.3. The van der Waals surface area contributed by atoms with E-state index in [1.54, 1.807) is 66.7 Å². The molecule has 8 aromatic carbocycles. The molecule has 82 heavy (non-hydrogen) atoms. The second kappa shape index (κ2) is 32.0. The van der Waals surface area contributed by atoms with Gasteiger partial charge in [-0.2, -0.15) is 16.8 Å². The van der Waals surface area contributed by atoms with Crippen molar-refractivity contribution in [3.05, 3.63) is 156 Å². The van der Waals surface area contributed by atoms with E-state index in [1.165, 1.54) is 48.5 Å². The maximum atomic E-state index is 12.1. The number of phenols is 1. The van der Waals surface area contributed by atoms with Crippen LogP contribution in [0, 0.1) is 0 Å². The summed E-state index contributed by atoms with van der Waals surface area (Å²) in [6, 6.07) is 39.5. The third kappa shape index (κ3) is 19.7. The molecule has 0 unspecified atom stereocenters. The zero-order valence-corrected chi connectivity index (χ0v) is 51.8. The molecule has 28 heteroatoms. The Balaban J connectivity index is 0.000000282. The molecule has 0 spiro atoms. The van der Waals surface area contributed by atoms with Gasteiger partial charge in [-0.15, -0.1) is 0 Å². The van der Waals surface area contributed by atoms with Gasteiger partial charge in [-0.05, 0) is 82.3 Å². The molecule has 0 fully saturated rings. The van der Waals surface area contributed by atoms with Crippen LogP contribution in [0.5, 0.6) is 5.75 Å². The number of fused-ring (bicyclic) bond motifs is 4. The monoisotopic (exact) mass is 1210 g/mol. The van der Waals surface area contributed by atoms with Gasteiger partial charge in [0.1, 0.15) is 25.7 Å². The zero-order valence-electron chi connectivity index (χ0n) is 46.5. The number of likely N-dealkylation sites (N-methyl/N-ethyl adjacent to an activating group) is 4. The van der Waals surface area contributed by atoms with Gasteiger partial charge in [-0.1, -0.05) is 97.1 Å². The summed E-state index contributed by atoms with van der Waals surface area (Å²) in [6.07, 6.45) is 0. The van der Waals surface area contributed by atoms with Gasteiger partial charge >= 0.3 is 29.6 Å². The first-order valence-electron chi connectivity index (χ1n) is 24.7. The SMILES string of the molecule is CN(C)CCN(C)c1cccc2c(S(=O)(=O)N=[N+]=[N-])cccc12.CN(C)CCN(C)c1cccc2c(S(=O)(=O)O)cccc12.NCCN.NCCNc1cccc2c(S(=O)(=O)O)cccc12.O=S(=O)([O-])c1cccc2c(O)cccc12.[Na+]. The largest absolute Gasteiger partial charge is 1.00 e. The van der Waals surface area contributed by atoms with E-state index >= 15 is 0 Å². The molecule has 0 saturated carbocycles. The minimum atomic E-state index is -4.51. The number of phenolic OH excluding ortho intramolecular Hbond substituents is 1. The minimum Gasteiger partial charge on any atom is -0.744 e. The first-order valence-corrected chi connectivity index (χ1v) is 30.4. The van der Waals surface area contributed by atoms with E-state index in [0.717, 1.165) is 59.4 Å². The number of aromatic hydroxyl groups is 1. The second-order valence-corrected chi connectivity index (χ2v) is 24.0. The van der Waals surface area contributed by atoms with Crippen LogP contribution in [0.15, 0.2) is 170 Å². The number of benzene rings is 8. The molecule has 0 radical (unpaired) electrons. The molecule has 0 aliphatic rings. The molecule has 0 aliphatic heterocycles. The molecule has 0 aromatic heterocycles. The molecule has 0 amide bonds. The fourth-order valence-electron chi connectivity index (χ4n) is 8.03. The number of anilines is 3. The molecule has 0 bridgehead atoms. The van der Waals surface area contributed by atoms with Gasteiger partial charge in [-0.3, -0.25) is 9.11 Å². The second-order valence-electron chi connectivity index (χ2n) is 18.3. The van der Waals surface area contributed by atoms with E-state index in [4.69, 9.17) is 22.7 Å². The van der Waals surface area contributed by atoms with Crippen molar-refractivity contribution in [3.63, 3.8) is 0 Å². The Morgan fingerprint density at radius 2 is 0.841 bits per heavy atom. The van der Waals surface area contributed by atoms with Gasteiger partial charge in [0, 0.05) is 136 Å². The summed E-state index contributed by atoms with van der Waals surface area (Å²) < 4.78 is 124. The van der Waals surface area contributed by atoms with E-state index < -0.39 is 40.4 Å². The average Bonchev–Trinajstić information content (AvgIpc) is 3.61. The van der Waals surface area contributed by atoms with Gasteiger partial charge in [0.05, 0.1) is 9.79 Å². The number of hydrogen-bond acceptors (Lipinski definition) is 18. The van der Waals surface area contributed by atoms with Crippen LogP contribution in [0.2, 0.25) is 0 Å². The topological polar surface area (TPSA) is 372 Å². The van der Waals surface area contributed by atoms with Crippen LogP contribution in [0.25, 0.3) is 53.5 Å². The van der Waals surface area contributed by atoms with Gasteiger partial charge in [0.15, 0.2) is 0 Å². The van der Waals surface area contributed by atoms with E-state index in [9.17, 15) is 52.4 Å². The average molecular weight is 1210 g/mol. The predicted octanol–water partition coefficient (Wildman–Crippen LogP) is 3.74. The molecule has 0 saturated heterocycles. The molecular weight excluding hydrogens is 1150 g/mol. The number of azide groups is 1. The molecule has 436 valence electrons. The van der Waals surface area contributed by atoms with Crippen molar-refractivity contribution in [1.29, 1.82) is 0 Å². The van der Waals surface area contributed by atoms with E-state index in [0.29, 0.717) is 47.7 Å². The summed E-state index contributed by atoms with van der Waals surface area (Å²) in [6.45, 7) is 5.67. The molecule has 10 N–H and O–H groups in total. The Kier molecular flexibility index (Phi) is 27.3. The van der Waals surface area contributed by atoms with Gasteiger partial charge in [0.25, 0.3) is 30.3 Å². The van der Waals surface area contributed by atoms with Crippen molar-refractivity contribution in [2.45, 2.75) is 19.6 Å². The molecule has 0 heterocycles. The van der Waals surface area contributed by atoms with E-state index in [2.05, 4.69) is 34.3 Å². The smallest absolute Gasteiger partial charge is 0.744 e. The zero-order chi connectivity index (χ0) is 60.3. The summed E-state index contributed by atoms with van der Waals surface area (Å²) in [5.41, 5.74) is 26.4. The Bertz CT molecular complexity index is 3950. The Hall–Kier alpha value is -6.21. The summed E-state index contributed by atoms with van der Waals surface area (Å²) in [7, 11) is -5.02. The number of nitrogens with zero attached hydrogens (tertiary/aromatic N) is 7. The summed E-state index contributed by atoms with van der Waals surface area (Å²) in [5, 5.41) is 17.1. The number of nitrogens with two attached hydrogens (primary N) is 3. The maximum absolute atomic E-state index is 12.1. The van der Waals surface area contributed by atoms with Crippen molar-refractivity contribution >= 4 is 101 Å². The predicted molar refractivity (Wildman–Crippen MR) is 321 cm³/mol. The maximum Gasteiger partial charge on any atom is 1.00 e. The third-order valence-electron chi connectivity index (χ3n) is 11.9. The molecule has 0 aliphatic carbocycles. The third-order valence-corrected chi connectivity index (χ3v) is 15.8. The van der Waals surface area contributed by atoms with Crippen LogP contribution >= 0.6 is 0 Å². The fraction of sp³-hybridized carbons (Fsp3) is 0.259. The number of sulfonamides is 1. The number of rotatable bonds is 17. The summed E-state index contributed by atoms with van der Waals surface area (Å²) in [5.74, 6) is -0.0435. The standard InChI is InChI=1S/C15H19N5O2S.C15H20N2O3S.C12H14N2O3S.C10H8O4S.C2H8N2.Na/c1-19(2)10-11-20(3)14-8-4-7-13-12(14)6-5-9-15(13)23(21,22)18-17-16;1-16(2)10-11-17(3)14-8-4-7-13-12(14)6-5-9-15(13)21(18,19)20;13-7-8-14-11-5-1-4-10-9(11)3-2-6-12(10)18(15,16)17;11-9-5-1-4-8-7(9)3-2-6-10(8)15(12,13)14;3-1-2-4;/h4-9H,10-11H2,1-3H3;4-9H,10-11H2,1-3H3,(H,18,19,20);1-6,14H,7-8,13H2,(H,15,16,17);1-6,11H,(H,12,13,14);1-4H2;/q;;;;;+1/p-1. The van der Waals surface area contributed by atoms with E-state index in [1.807, 2.05) is 72.6 Å². The van der Waals surface area contributed by atoms with Gasteiger partial charge < -0.3 is 51.8 Å². The molecular formula is C54H68N11NaO12S4. The van der Waals surface area contributed by atoms with Crippen molar-refractivity contribution in [3.8, 4) is 5.75 Å². The van der Waals surface area contributed by atoms with Crippen molar-refractivity contribution < 1.29 is 82.0 Å². The fourth-order valence-corrected chi connectivity index (χ4v) is 11.0. The van der Waals surface area contributed by atoms with Crippen molar-refractivity contribution in [2.24, 2.45) is 21.7 Å². The number of nitrogens with one attached hydrogen (secondary N) is 1. The Morgan fingerprint density at radius 1 is 0.488 bits per heavy atom. The van der Waals surface area contributed by atoms with Gasteiger partial charge in [0.2, 0.25) is 0 Å². The van der Waals surface area contributed by atoms with Crippen LogP contribution in [-0.2, 0) is 40.4 Å². The van der Waals surface area contributed by atoms with Gasteiger partial charge in [-0.25, -0.2) is 16.8 Å². The minimum absolute atomic E-state index is 0. The quantitative estimate of drug-likeness (QED) is 0.0224. The van der Waals surface area contributed by atoms with Crippen LogP contribution in [-0.4, -0.2) is 157 Å². The molecule has 0 atom stereocenters. The van der Waals surface area contributed by atoms with Crippen LogP contribution in [0.3, 0.4) is 0 Å². The number of hydrogen-bond donors (Lipinski definition) is 7. The van der Waals surface area contributed by atoms with Crippen LogP contribution in [0.4, 0.5) is 17.1 Å². The molecule has 8 rings (SSSR count). The Labute approximate surface area is 501 Å². The Morgan fingerprint density at radius 3 is 1.26 bits per heavy atom. The van der Waals surface area contributed by atoms with Crippen LogP contribution < -0.4 is 61.9 Å². The van der Waals surface area contributed by atoms with Crippen molar-refractivity contribution in [2.75, 3.05) is 110 Å². The first-order chi connectivity index (χ1) is 38.1. The summed E-state index contributed by atoms with van der Waals surface area (Å²) >= 11 is 0. The van der Waals surface area contributed by atoms with Crippen molar-refractivity contribution in [1.82, 2.24) is 9.80 Å². The molecule has 23 nitrogen and oxygen atoms in total. The normalized spacial score (nSPS) is 11.4. The molecule has 8 aromatic rings. The first kappa shape index (κ1) is 70.1. The van der Waals surface area contributed by atoms with Crippen LogP contribution in [0.1, 0.15) is 0 Å².